The highest BCUT2D eigenvalue weighted by Crippen LogP contribution is 2.33. The number of amides is 1. The Kier molecular flexibility index (Phi) is 4.62. The van der Waals surface area contributed by atoms with Gasteiger partial charge in [0.25, 0.3) is 0 Å². The lowest BCUT2D eigenvalue weighted by Crippen LogP contribution is -2.53. The van der Waals surface area contributed by atoms with Crippen molar-refractivity contribution in [1.82, 2.24) is 5.32 Å². The number of nitrogens with one attached hydrogen (secondary N) is 1. The van der Waals surface area contributed by atoms with Gasteiger partial charge in [-0.3, -0.25) is 4.79 Å². The van der Waals surface area contributed by atoms with Crippen molar-refractivity contribution in [1.29, 1.82) is 0 Å². The van der Waals surface area contributed by atoms with E-state index < -0.39 is 5.54 Å². The molecule has 4 heteroatoms. The monoisotopic (exact) mass is 254 g/mol. The first-order valence-electron chi connectivity index (χ1n) is 7.33. The summed E-state index contributed by atoms with van der Waals surface area (Å²) in [5.74, 6) is 0.663. The number of carbonyl (C=O) groups is 1. The lowest BCUT2D eigenvalue weighted by Gasteiger charge is -2.27. The maximum atomic E-state index is 11.6. The average Bonchev–Trinajstić information content (AvgIpc) is 2.67. The van der Waals surface area contributed by atoms with Crippen LogP contribution in [0, 0.1) is 5.92 Å². The van der Waals surface area contributed by atoms with Gasteiger partial charge in [-0.25, -0.2) is 0 Å². The molecule has 2 fully saturated rings. The minimum absolute atomic E-state index is 0.205. The van der Waals surface area contributed by atoms with Gasteiger partial charge in [-0.2, -0.15) is 0 Å². The molecule has 0 aliphatic heterocycles. The van der Waals surface area contributed by atoms with E-state index in [0.717, 1.165) is 38.3 Å². The molecule has 3 N–H and O–H groups in total. The molecule has 2 aliphatic rings. The molecule has 0 spiro atoms. The first kappa shape index (κ1) is 13.8. The molecular weight excluding hydrogens is 228 g/mol. The summed E-state index contributed by atoms with van der Waals surface area (Å²) in [4.78, 5) is 11.6. The summed E-state index contributed by atoms with van der Waals surface area (Å²) in [7, 11) is 0. The van der Waals surface area contributed by atoms with Crippen LogP contribution in [0.15, 0.2) is 0 Å². The van der Waals surface area contributed by atoms with Gasteiger partial charge < -0.3 is 15.8 Å². The fourth-order valence-corrected chi connectivity index (χ4v) is 3.14. The number of hydrogen-bond donors (Lipinski definition) is 2. The van der Waals surface area contributed by atoms with Crippen LogP contribution in [0.1, 0.15) is 51.9 Å². The van der Waals surface area contributed by atoms with Crippen LogP contribution >= 0.6 is 0 Å². The molecule has 104 valence electrons. The lowest BCUT2D eigenvalue weighted by molar-refractivity contribution is -0.124. The molecule has 0 aromatic carbocycles. The van der Waals surface area contributed by atoms with Crippen molar-refractivity contribution in [3.05, 3.63) is 0 Å². The Morgan fingerprint density at radius 1 is 1.44 bits per heavy atom. The standard InChI is InChI=1S/C14H26N2O2/c1-2-16-14(13(15)17)8-6-12(10-14)18-9-7-11-4-3-5-11/h11-12,16H,2-10H2,1H3,(H2,15,17). The highest BCUT2D eigenvalue weighted by Gasteiger charge is 2.43. The molecule has 2 aliphatic carbocycles. The average molecular weight is 254 g/mol. The van der Waals surface area contributed by atoms with E-state index in [0.29, 0.717) is 0 Å². The van der Waals surface area contributed by atoms with Crippen LogP contribution < -0.4 is 11.1 Å². The van der Waals surface area contributed by atoms with Gasteiger partial charge in [0.15, 0.2) is 0 Å². The van der Waals surface area contributed by atoms with E-state index in [1.165, 1.54) is 25.7 Å². The zero-order valence-electron chi connectivity index (χ0n) is 11.4. The number of nitrogens with two attached hydrogens (primary N) is 1. The molecule has 0 radical (unpaired) electrons. The maximum Gasteiger partial charge on any atom is 0.237 e. The van der Waals surface area contributed by atoms with E-state index in [1.807, 2.05) is 6.92 Å². The quantitative estimate of drug-likeness (QED) is 0.725. The van der Waals surface area contributed by atoms with E-state index in [1.54, 1.807) is 0 Å². The van der Waals surface area contributed by atoms with Crippen molar-refractivity contribution >= 4 is 5.91 Å². The fraction of sp³-hybridized carbons (Fsp3) is 0.929. The van der Waals surface area contributed by atoms with Crippen LogP contribution in [-0.4, -0.2) is 30.7 Å². The third-order valence-electron chi connectivity index (χ3n) is 4.56. The van der Waals surface area contributed by atoms with E-state index in [-0.39, 0.29) is 12.0 Å². The van der Waals surface area contributed by atoms with Crippen molar-refractivity contribution in [2.45, 2.75) is 63.5 Å². The van der Waals surface area contributed by atoms with Gasteiger partial charge in [0.05, 0.1) is 6.10 Å². The molecule has 2 unspecified atom stereocenters. The van der Waals surface area contributed by atoms with Crippen LogP contribution in [0.3, 0.4) is 0 Å². The van der Waals surface area contributed by atoms with E-state index in [2.05, 4.69) is 5.32 Å². The predicted octanol–water partition coefficient (Wildman–Crippen LogP) is 1.58. The Hall–Kier alpha value is -0.610. The van der Waals surface area contributed by atoms with Gasteiger partial charge in [-0.05, 0) is 31.7 Å². The van der Waals surface area contributed by atoms with E-state index in [4.69, 9.17) is 10.5 Å². The molecule has 1 amide bonds. The Labute approximate surface area is 110 Å². The second kappa shape index (κ2) is 6.02. The second-order valence-corrected chi connectivity index (χ2v) is 5.80. The van der Waals surface area contributed by atoms with Crippen molar-refractivity contribution < 1.29 is 9.53 Å². The molecule has 2 saturated carbocycles. The van der Waals surface area contributed by atoms with Gasteiger partial charge in [0.2, 0.25) is 5.91 Å². The third-order valence-corrected chi connectivity index (χ3v) is 4.56. The van der Waals surface area contributed by atoms with Gasteiger partial charge >= 0.3 is 0 Å². The molecule has 2 rings (SSSR count). The first-order chi connectivity index (χ1) is 8.66. The highest BCUT2D eigenvalue weighted by molar-refractivity contribution is 5.85. The molecule has 2 atom stereocenters. The molecule has 0 heterocycles. The Bertz CT molecular complexity index is 292. The number of primary amides is 1. The maximum absolute atomic E-state index is 11.6. The Morgan fingerprint density at radius 3 is 2.78 bits per heavy atom. The number of rotatable bonds is 7. The predicted molar refractivity (Wildman–Crippen MR) is 71.2 cm³/mol. The van der Waals surface area contributed by atoms with Crippen LogP contribution in [0.5, 0.6) is 0 Å². The van der Waals surface area contributed by atoms with Crippen LogP contribution in [-0.2, 0) is 9.53 Å². The summed E-state index contributed by atoms with van der Waals surface area (Å²) in [5.41, 5.74) is 5.01. The molecule has 4 nitrogen and oxygen atoms in total. The van der Waals surface area contributed by atoms with Crippen molar-refractivity contribution in [3.8, 4) is 0 Å². The summed E-state index contributed by atoms with van der Waals surface area (Å²) < 4.78 is 5.91. The van der Waals surface area contributed by atoms with Crippen LogP contribution in [0.2, 0.25) is 0 Å². The van der Waals surface area contributed by atoms with Crippen molar-refractivity contribution in [2.24, 2.45) is 11.7 Å². The minimum atomic E-state index is -0.518. The third kappa shape index (κ3) is 3.04. The summed E-state index contributed by atoms with van der Waals surface area (Å²) in [5, 5.41) is 3.25. The minimum Gasteiger partial charge on any atom is -0.378 e. The van der Waals surface area contributed by atoms with Crippen molar-refractivity contribution in [3.63, 3.8) is 0 Å². The molecule has 0 aromatic heterocycles. The first-order valence-corrected chi connectivity index (χ1v) is 7.33. The molecule has 0 saturated heterocycles. The summed E-state index contributed by atoms with van der Waals surface area (Å²) >= 11 is 0. The largest absolute Gasteiger partial charge is 0.378 e. The normalized spacial score (nSPS) is 32.4. The summed E-state index contributed by atoms with van der Waals surface area (Å²) in [6.45, 7) is 3.63. The fourth-order valence-electron chi connectivity index (χ4n) is 3.14. The zero-order chi connectivity index (χ0) is 13.0. The smallest absolute Gasteiger partial charge is 0.237 e. The Morgan fingerprint density at radius 2 is 2.22 bits per heavy atom. The van der Waals surface area contributed by atoms with E-state index in [9.17, 15) is 4.79 Å². The number of carbonyl (C=O) groups excluding carboxylic acids is 1. The molecule has 18 heavy (non-hydrogen) atoms. The second-order valence-electron chi connectivity index (χ2n) is 5.80. The summed E-state index contributed by atoms with van der Waals surface area (Å²) in [6.07, 6.45) is 8.01. The summed E-state index contributed by atoms with van der Waals surface area (Å²) in [6, 6.07) is 0. The molecule has 0 aromatic rings. The molecular formula is C14H26N2O2. The van der Waals surface area contributed by atoms with Gasteiger partial charge in [-0.1, -0.05) is 26.2 Å². The van der Waals surface area contributed by atoms with E-state index >= 15 is 0 Å². The van der Waals surface area contributed by atoms with Crippen molar-refractivity contribution in [2.75, 3.05) is 13.2 Å². The zero-order valence-corrected chi connectivity index (χ0v) is 11.4. The highest BCUT2D eigenvalue weighted by atomic mass is 16.5. The number of ether oxygens (including phenoxy) is 1. The topological polar surface area (TPSA) is 64.3 Å². The van der Waals surface area contributed by atoms with Crippen LogP contribution in [0.4, 0.5) is 0 Å². The van der Waals surface area contributed by atoms with Gasteiger partial charge in [-0.15, -0.1) is 0 Å². The Balaban J connectivity index is 1.73. The number of hydrogen-bond acceptors (Lipinski definition) is 3. The number of likely N-dealkylation sites (N-methyl/N-ethyl adjacent to an activating group) is 1. The van der Waals surface area contributed by atoms with Crippen LogP contribution in [0.25, 0.3) is 0 Å². The SMILES string of the molecule is CCNC1(C(N)=O)CCC(OCCC2CCC2)C1. The lowest BCUT2D eigenvalue weighted by atomic mass is 9.83. The van der Waals surface area contributed by atoms with Gasteiger partial charge in [0.1, 0.15) is 5.54 Å². The van der Waals surface area contributed by atoms with Gasteiger partial charge in [0, 0.05) is 13.0 Å². The molecule has 0 bridgehead atoms.